The zero-order valence-corrected chi connectivity index (χ0v) is 9.32. The molecule has 0 aliphatic rings. The molecule has 0 aliphatic carbocycles. The fraction of sp³-hybridized carbons (Fsp3) is 0. The van der Waals surface area contributed by atoms with E-state index in [2.05, 4.69) is 0 Å². The van der Waals surface area contributed by atoms with E-state index in [9.17, 15) is 14.5 Å². The Morgan fingerprint density at radius 3 is 2.53 bits per heavy atom. The Morgan fingerprint density at radius 1 is 1.12 bits per heavy atom. The Labute approximate surface area is 102 Å². The Bertz CT molecular complexity index is 586. The van der Waals surface area contributed by atoms with Crippen LogP contribution >= 0.6 is 11.6 Å². The summed E-state index contributed by atoms with van der Waals surface area (Å²) in [6.45, 7) is 0. The van der Waals surface area contributed by atoms with Gasteiger partial charge in [0.15, 0.2) is 0 Å². The number of benzene rings is 2. The van der Waals surface area contributed by atoms with Gasteiger partial charge < -0.3 is 0 Å². The van der Waals surface area contributed by atoms with Crippen LogP contribution in [-0.4, -0.2) is 4.92 Å². The van der Waals surface area contributed by atoms with Crippen molar-refractivity contribution in [3.63, 3.8) is 0 Å². The summed E-state index contributed by atoms with van der Waals surface area (Å²) in [6, 6.07) is 9.86. The highest BCUT2D eigenvalue weighted by Gasteiger charge is 2.16. The standard InChI is InChI=1S/C12H7ClFNO2/c13-11-6-5-8(14)7-10(11)9-3-1-2-4-12(9)15(16)17/h1-7H. The summed E-state index contributed by atoms with van der Waals surface area (Å²) in [6.07, 6.45) is 0. The Hall–Kier alpha value is -1.94. The van der Waals surface area contributed by atoms with Gasteiger partial charge in [0, 0.05) is 16.7 Å². The Morgan fingerprint density at radius 2 is 1.82 bits per heavy atom. The number of hydrogen-bond acceptors (Lipinski definition) is 2. The van der Waals surface area contributed by atoms with E-state index in [-0.39, 0.29) is 10.7 Å². The number of halogens is 2. The van der Waals surface area contributed by atoms with Gasteiger partial charge in [-0.3, -0.25) is 10.1 Å². The SMILES string of the molecule is O=[N+]([O-])c1ccccc1-c1cc(F)ccc1Cl. The van der Waals surface area contributed by atoms with Crippen LogP contribution in [0.1, 0.15) is 0 Å². The zero-order chi connectivity index (χ0) is 12.4. The molecule has 0 fully saturated rings. The van der Waals surface area contributed by atoms with Crippen molar-refractivity contribution in [1.29, 1.82) is 0 Å². The minimum absolute atomic E-state index is 0.0972. The van der Waals surface area contributed by atoms with Gasteiger partial charge >= 0.3 is 0 Å². The average Bonchev–Trinajstić information content (AvgIpc) is 2.32. The van der Waals surface area contributed by atoms with Crippen molar-refractivity contribution in [2.75, 3.05) is 0 Å². The van der Waals surface area contributed by atoms with Gasteiger partial charge in [-0.2, -0.15) is 0 Å². The van der Waals surface area contributed by atoms with Gasteiger partial charge in [0.1, 0.15) is 5.82 Å². The van der Waals surface area contributed by atoms with Crippen LogP contribution in [0.15, 0.2) is 42.5 Å². The fourth-order valence-electron chi connectivity index (χ4n) is 1.56. The first-order chi connectivity index (χ1) is 8.09. The molecule has 17 heavy (non-hydrogen) atoms. The molecule has 0 atom stereocenters. The van der Waals surface area contributed by atoms with Gasteiger partial charge in [0.25, 0.3) is 5.69 Å². The second kappa shape index (κ2) is 4.51. The highest BCUT2D eigenvalue weighted by molar-refractivity contribution is 6.33. The van der Waals surface area contributed by atoms with Crippen molar-refractivity contribution in [1.82, 2.24) is 0 Å². The number of rotatable bonds is 2. The number of nitrogens with zero attached hydrogens (tertiary/aromatic N) is 1. The molecule has 0 saturated heterocycles. The van der Waals surface area contributed by atoms with Gasteiger partial charge in [-0.05, 0) is 24.3 Å². The molecule has 2 aromatic rings. The molecular weight excluding hydrogens is 245 g/mol. The summed E-state index contributed by atoms with van der Waals surface area (Å²) in [5, 5.41) is 11.1. The number of hydrogen-bond donors (Lipinski definition) is 0. The molecule has 0 amide bonds. The zero-order valence-electron chi connectivity index (χ0n) is 8.56. The number of nitro benzene ring substituents is 1. The van der Waals surface area contributed by atoms with Crippen LogP contribution in [0.5, 0.6) is 0 Å². The van der Waals surface area contributed by atoms with E-state index in [0.717, 1.165) is 0 Å². The van der Waals surface area contributed by atoms with Crippen LogP contribution in [0.4, 0.5) is 10.1 Å². The monoisotopic (exact) mass is 251 g/mol. The van der Waals surface area contributed by atoms with Crippen LogP contribution < -0.4 is 0 Å². The molecule has 0 bridgehead atoms. The van der Waals surface area contributed by atoms with E-state index in [1.807, 2.05) is 0 Å². The van der Waals surface area contributed by atoms with Crippen molar-refractivity contribution in [2.45, 2.75) is 0 Å². The summed E-state index contributed by atoms with van der Waals surface area (Å²) >= 11 is 5.92. The minimum Gasteiger partial charge on any atom is -0.258 e. The van der Waals surface area contributed by atoms with E-state index in [1.165, 1.54) is 24.3 Å². The first-order valence-corrected chi connectivity index (χ1v) is 5.16. The van der Waals surface area contributed by atoms with E-state index in [4.69, 9.17) is 11.6 Å². The van der Waals surface area contributed by atoms with Crippen molar-refractivity contribution in [3.8, 4) is 11.1 Å². The predicted octanol–water partition coefficient (Wildman–Crippen LogP) is 4.05. The van der Waals surface area contributed by atoms with Crippen LogP contribution in [0, 0.1) is 15.9 Å². The molecule has 0 aromatic heterocycles. The molecule has 86 valence electrons. The summed E-state index contributed by atoms with van der Waals surface area (Å²) < 4.78 is 13.1. The largest absolute Gasteiger partial charge is 0.277 e. The van der Waals surface area contributed by atoms with Crippen molar-refractivity contribution in [3.05, 3.63) is 63.4 Å². The van der Waals surface area contributed by atoms with Gasteiger partial charge in [-0.1, -0.05) is 23.7 Å². The van der Waals surface area contributed by atoms with Crippen molar-refractivity contribution in [2.24, 2.45) is 0 Å². The lowest BCUT2D eigenvalue weighted by Crippen LogP contribution is -1.92. The first-order valence-electron chi connectivity index (χ1n) is 4.78. The second-order valence-corrected chi connectivity index (χ2v) is 3.81. The minimum atomic E-state index is -0.517. The van der Waals surface area contributed by atoms with E-state index in [1.54, 1.807) is 18.2 Å². The quantitative estimate of drug-likeness (QED) is 0.597. The lowest BCUT2D eigenvalue weighted by atomic mass is 10.0. The fourth-order valence-corrected chi connectivity index (χ4v) is 1.78. The molecule has 2 rings (SSSR count). The van der Waals surface area contributed by atoms with Gasteiger partial charge in [-0.15, -0.1) is 0 Å². The lowest BCUT2D eigenvalue weighted by Gasteiger charge is -2.05. The van der Waals surface area contributed by atoms with E-state index in [0.29, 0.717) is 11.1 Å². The van der Waals surface area contributed by atoms with Crippen LogP contribution in [-0.2, 0) is 0 Å². The summed E-state index contributed by atoms with van der Waals surface area (Å²) in [5.74, 6) is -0.484. The highest BCUT2D eigenvalue weighted by Crippen LogP contribution is 2.34. The van der Waals surface area contributed by atoms with Crippen molar-refractivity contribution >= 4 is 17.3 Å². The molecule has 3 nitrogen and oxygen atoms in total. The smallest absolute Gasteiger partial charge is 0.258 e. The van der Waals surface area contributed by atoms with Gasteiger partial charge in [0.05, 0.1) is 10.5 Å². The lowest BCUT2D eigenvalue weighted by molar-refractivity contribution is -0.384. The molecule has 0 spiro atoms. The topological polar surface area (TPSA) is 43.1 Å². The van der Waals surface area contributed by atoms with E-state index >= 15 is 0 Å². The van der Waals surface area contributed by atoms with Gasteiger partial charge in [-0.25, -0.2) is 4.39 Å². The molecule has 0 heterocycles. The third kappa shape index (κ3) is 2.26. The summed E-state index contributed by atoms with van der Waals surface area (Å²) in [4.78, 5) is 10.3. The first kappa shape index (κ1) is 11.5. The third-order valence-corrected chi connectivity index (χ3v) is 2.65. The van der Waals surface area contributed by atoms with Crippen LogP contribution in [0.3, 0.4) is 0 Å². The normalized spacial score (nSPS) is 10.2. The van der Waals surface area contributed by atoms with Gasteiger partial charge in [0.2, 0.25) is 0 Å². The van der Waals surface area contributed by atoms with Crippen LogP contribution in [0.25, 0.3) is 11.1 Å². The molecule has 0 saturated carbocycles. The van der Waals surface area contributed by atoms with Crippen molar-refractivity contribution < 1.29 is 9.31 Å². The molecule has 0 unspecified atom stereocenters. The number of nitro groups is 1. The molecule has 5 heteroatoms. The average molecular weight is 252 g/mol. The Kier molecular flexibility index (Phi) is 3.06. The Balaban J connectivity index is 2.68. The maximum absolute atomic E-state index is 13.1. The molecule has 0 radical (unpaired) electrons. The molecule has 0 aliphatic heterocycles. The molecule has 2 aromatic carbocycles. The number of para-hydroxylation sites is 1. The maximum atomic E-state index is 13.1. The predicted molar refractivity (Wildman–Crippen MR) is 63.5 cm³/mol. The summed E-state index contributed by atoms with van der Waals surface area (Å²) in [5.41, 5.74) is 0.529. The second-order valence-electron chi connectivity index (χ2n) is 3.40. The third-order valence-electron chi connectivity index (χ3n) is 2.32. The highest BCUT2D eigenvalue weighted by atomic mass is 35.5. The molecule has 0 N–H and O–H groups in total. The molecular formula is C12H7ClFNO2. The summed E-state index contributed by atoms with van der Waals surface area (Å²) in [7, 11) is 0. The van der Waals surface area contributed by atoms with Crippen LogP contribution in [0.2, 0.25) is 5.02 Å². The van der Waals surface area contributed by atoms with E-state index < -0.39 is 10.7 Å². The maximum Gasteiger partial charge on any atom is 0.277 e.